The van der Waals surface area contributed by atoms with E-state index in [4.69, 9.17) is 0 Å². The van der Waals surface area contributed by atoms with Crippen LogP contribution in [0.25, 0.3) is 0 Å². The molecule has 17 heavy (non-hydrogen) atoms. The minimum Gasteiger partial charge on any atom is -0.481 e. The average molecular weight is 240 g/mol. The summed E-state index contributed by atoms with van der Waals surface area (Å²) in [4.78, 5) is 11.2. The molecule has 0 amide bonds. The van der Waals surface area contributed by atoms with Crippen molar-refractivity contribution >= 4 is 11.9 Å². The molecule has 3 atom stereocenters. The molecular formula is C11H18N3O3+. The molecule has 3 heterocycles. The first-order valence-electron chi connectivity index (χ1n) is 5.96. The molecule has 0 unspecified atom stereocenters. The monoisotopic (exact) mass is 240 g/mol. The van der Waals surface area contributed by atoms with Crippen LogP contribution in [0.4, 0.5) is 0 Å². The molecule has 0 aliphatic carbocycles. The Kier molecular flexibility index (Phi) is 1.86. The summed E-state index contributed by atoms with van der Waals surface area (Å²) < 4.78 is 1.83. The van der Waals surface area contributed by atoms with Crippen LogP contribution in [-0.4, -0.2) is 50.6 Å². The molecule has 6 nitrogen and oxygen atoms in total. The third-order valence-corrected chi connectivity index (χ3v) is 4.01. The predicted molar refractivity (Wildman–Crippen MR) is 59.6 cm³/mol. The molecular weight excluding hydrogens is 222 g/mol. The maximum Gasteiger partial charge on any atom is 0.349 e. The Labute approximate surface area is 99.3 Å². The zero-order valence-corrected chi connectivity index (χ0v) is 10.0. The number of carboxylic acids is 1. The van der Waals surface area contributed by atoms with E-state index in [1.807, 2.05) is 18.4 Å². The molecule has 6 heteroatoms. The van der Waals surface area contributed by atoms with Gasteiger partial charge in [0.25, 0.3) is 0 Å². The normalized spacial score (nSPS) is 41.8. The maximum absolute atomic E-state index is 11.2. The zero-order chi connectivity index (χ0) is 12.4. The second-order valence-electron chi connectivity index (χ2n) is 5.98. The minimum absolute atomic E-state index is 0.143. The molecule has 0 bridgehead atoms. The molecule has 0 aromatic carbocycles. The fourth-order valence-electron chi connectivity index (χ4n) is 3.56. The van der Waals surface area contributed by atoms with Crippen molar-refractivity contribution in [3.05, 3.63) is 0 Å². The summed E-state index contributed by atoms with van der Waals surface area (Å²) in [6.45, 7) is 4.61. The van der Waals surface area contributed by atoms with Crippen LogP contribution < -0.4 is 10.6 Å². The number of aliphatic carboxylic acids is 1. The first kappa shape index (κ1) is 10.8. The van der Waals surface area contributed by atoms with Crippen LogP contribution >= 0.6 is 0 Å². The van der Waals surface area contributed by atoms with E-state index in [1.54, 1.807) is 0 Å². The van der Waals surface area contributed by atoms with Gasteiger partial charge in [-0.3, -0.25) is 15.4 Å². The van der Waals surface area contributed by atoms with Gasteiger partial charge in [0.2, 0.25) is 0 Å². The van der Waals surface area contributed by atoms with E-state index in [-0.39, 0.29) is 11.6 Å². The fourth-order valence-corrected chi connectivity index (χ4v) is 3.56. The van der Waals surface area contributed by atoms with Gasteiger partial charge in [0.05, 0.1) is 18.0 Å². The second kappa shape index (κ2) is 2.93. The summed E-state index contributed by atoms with van der Waals surface area (Å²) in [5, 5.41) is 26.4. The quantitative estimate of drug-likeness (QED) is 0.437. The zero-order valence-electron chi connectivity index (χ0n) is 10.0. The highest BCUT2D eigenvalue weighted by Crippen LogP contribution is 2.41. The number of nitrogens with zero attached hydrogens (tertiary/aromatic N) is 1. The fraction of sp³-hybridized carbons (Fsp3) is 0.818. The van der Waals surface area contributed by atoms with E-state index >= 15 is 0 Å². The molecule has 3 rings (SSSR count). The van der Waals surface area contributed by atoms with E-state index in [9.17, 15) is 15.0 Å². The van der Waals surface area contributed by atoms with Crippen molar-refractivity contribution in [3.8, 4) is 0 Å². The Morgan fingerprint density at radius 3 is 2.88 bits per heavy atom. The number of hydrogen-bond donors (Lipinski definition) is 4. The lowest BCUT2D eigenvalue weighted by Crippen LogP contribution is -2.62. The second-order valence-corrected chi connectivity index (χ2v) is 5.98. The maximum atomic E-state index is 11.2. The van der Waals surface area contributed by atoms with Gasteiger partial charge >= 0.3 is 11.9 Å². The van der Waals surface area contributed by atoms with Gasteiger partial charge in [-0.15, -0.1) is 0 Å². The van der Waals surface area contributed by atoms with Crippen LogP contribution in [0.15, 0.2) is 0 Å². The molecule has 1 fully saturated rings. The summed E-state index contributed by atoms with van der Waals surface area (Å²) in [5.74, 6) is -0.545. The highest BCUT2D eigenvalue weighted by Gasteiger charge is 2.62. The van der Waals surface area contributed by atoms with Crippen molar-refractivity contribution in [1.29, 1.82) is 0 Å². The van der Waals surface area contributed by atoms with Crippen LogP contribution in [-0.2, 0) is 4.79 Å². The molecule has 4 N–H and O–H groups in total. The van der Waals surface area contributed by atoms with Crippen LogP contribution in [0.3, 0.4) is 0 Å². The molecule has 0 spiro atoms. The van der Waals surface area contributed by atoms with Gasteiger partial charge in [-0.05, 0) is 13.8 Å². The van der Waals surface area contributed by atoms with E-state index < -0.39 is 17.6 Å². The lowest BCUT2D eigenvalue weighted by molar-refractivity contribution is -0.665. The smallest absolute Gasteiger partial charge is 0.349 e. The van der Waals surface area contributed by atoms with Crippen molar-refractivity contribution in [2.45, 2.75) is 44.0 Å². The molecule has 3 aliphatic heterocycles. The first-order valence-corrected chi connectivity index (χ1v) is 5.96. The van der Waals surface area contributed by atoms with Crippen molar-refractivity contribution < 1.29 is 19.6 Å². The molecule has 0 aromatic heterocycles. The van der Waals surface area contributed by atoms with Gasteiger partial charge in [-0.2, -0.15) is 0 Å². The molecule has 0 saturated carbocycles. The van der Waals surface area contributed by atoms with E-state index in [1.165, 1.54) is 0 Å². The Morgan fingerprint density at radius 1 is 1.53 bits per heavy atom. The van der Waals surface area contributed by atoms with E-state index in [0.717, 1.165) is 5.96 Å². The van der Waals surface area contributed by atoms with E-state index in [0.29, 0.717) is 19.4 Å². The average Bonchev–Trinajstić information content (AvgIpc) is 2.67. The standard InChI is InChI=1S/C11H17N3O3/c1-10(2)5-11(17)3-6(8(15)16)7-4-12-9(13-10)14(7)11/h6-7,17H,3-5H2,1-2H3,(H2,12,13,15,16)/p+1/t6-,7+,11-/m1/s1. The highest BCUT2D eigenvalue weighted by molar-refractivity contribution is 5.79. The largest absolute Gasteiger partial charge is 0.481 e. The number of rotatable bonds is 1. The van der Waals surface area contributed by atoms with Gasteiger partial charge < -0.3 is 10.2 Å². The van der Waals surface area contributed by atoms with Gasteiger partial charge in [0.1, 0.15) is 6.04 Å². The van der Waals surface area contributed by atoms with Gasteiger partial charge in [0.15, 0.2) is 5.72 Å². The van der Waals surface area contributed by atoms with Crippen molar-refractivity contribution in [2.24, 2.45) is 5.92 Å². The molecule has 3 aliphatic rings. The summed E-state index contributed by atoms with van der Waals surface area (Å²) >= 11 is 0. The predicted octanol–water partition coefficient (Wildman–Crippen LogP) is -1.11. The van der Waals surface area contributed by atoms with Crippen LogP contribution in [0.5, 0.6) is 0 Å². The van der Waals surface area contributed by atoms with Crippen molar-refractivity contribution in [2.75, 3.05) is 6.54 Å². The lowest BCUT2D eigenvalue weighted by atomic mass is 9.87. The number of carboxylic acid groups (broad SMARTS) is 1. The van der Waals surface area contributed by atoms with Gasteiger partial charge in [0, 0.05) is 12.8 Å². The van der Waals surface area contributed by atoms with Gasteiger partial charge in [-0.25, -0.2) is 4.58 Å². The summed E-state index contributed by atoms with van der Waals surface area (Å²) in [5.41, 5.74) is -1.25. The van der Waals surface area contributed by atoms with E-state index in [2.05, 4.69) is 10.6 Å². The van der Waals surface area contributed by atoms with Crippen molar-refractivity contribution in [3.63, 3.8) is 0 Å². The highest BCUT2D eigenvalue weighted by atomic mass is 16.4. The SMILES string of the molecule is CC1(C)C[C@]2(O)C[C@@H](C(=O)O)[C@@H]3CNC(=[N+]32)N1. The Hall–Kier alpha value is -1.30. The van der Waals surface area contributed by atoms with Crippen LogP contribution in [0.1, 0.15) is 26.7 Å². The van der Waals surface area contributed by atoms with Crippen LogP contribution in [0.2, 0.25) is 0 Å². The number of guanidine groups is 1. The Morgan fingerprint density at radius 2 is 2.24 bits per heavy atom. The molecule has 0 radical (unpaired) electrons. The summed E-state index contributed by atoms with van der Waals surface area (Å²) in [6.07, 6.45) is 0.842. The summed E-state index contributed by atoms with van der Waals surface area (Å²) in [6, 6.07) is -0.143. The minimum atomic E-state index is -1.03. The number of hydrogen-bond acceptors (Lipinski definition) is 4. The Balaban J connectivity index is 2.06. The Bertz CT molecular complexity index is 432. The molecule has 1 saturated heterocycles. The number of carbonyl (C=O) groups is 1. The van der Waals surface area contributed by atoms with Crippen molar-refractivity contribution in [1.82, 2.24) is 10.6 Å². The topological polar surface area (TPSA) is 84.6 Å². The van der Waals surface area contributed by atoms with Crippen LogP contribution in [0, 0.1) is 5.92 Å². The summed E-state index contributed by atoms with van der Waals surface area (Å²) in [7, 11) is 0. The lowest BCUT2D eigenvalue weighted by Gasteiger charge is -2.37. The third kappa shape index (κ3) is 1.36. The first-order chi connectivity index (χ1) is 7.82. The van der Waals surface area contributed by atoms with Gasteiger partial charge in [-0.1, -0.05) is 0 Å². The molecule has 0 aromatic rings. The number of nitrogens with one attached hydrogen (secondary N) is 2. The number of aliphatic hydroxyl groups is 1. The third-order valence-electron chi connectivity index (χ3n) is 4.01. The molecule has 94 valence electrons.